The summed E-state index contributed by atoms with van der Waals surface area (Å²) >= 11 is 0. The van der Waals surface area contributed by atoms with Crippen molar-refractivity contribution >= 4 is 6.03 Å². The van der Waals surface area contributed by atoms with Crippen LogP contribution in [0.2, 0.25) is 0 Å². The normalized spacial score (nSPS) is 16.3. The fraction of sp³-hybridized carbons (Fsp3) is 0.368. The van der Waals surface area contributed by atoms with E-state index in [1.165, 1.54) is 6.07 Å². The van der Waals surface area contributed by atoms with Crippen LogP contribution in [-0.4, -0.2) is 36.1 Å². The van der Waals surface area contributed by atoms with Gasteiger partial charge in [0.25, 0.3) is 0 Å². The highest BCUT2D eigenvalue weighted by atomic mass is 19.1. The van der Waals surface area contributed by atoms with Gasteiger partial charge in [-0.05, 0) is 43.0 Å². The van der Waals surface area contributed by atoms with Crippen LogP contribution < -0.4 is 10.1 Å². The lowest BCUT2D eigenvalue weighted by Gasteiger charge is -2.23. The van der Waals surface area contributed by atoms with Gasteiger partial charge in [0.15, 0.2) is 11.6 Å². The average molecular weight is 343 g/mol. The summed E-state index contributed by atoms with van der Waals surface area (Å²) in [5.74, 6) is -0.130. The zero-order valence-electron chi connectivity index (χ0n) is 14.2. The van der Waals surface area contributed by atoms with Crippen LogP contribution in [0.5, 0.6) is 5.75 Å². The van der Waals surface area contributed by atoms with Crippen LogP contribution in [-0.2, 0) is 6.42 Å². The van der Waals surface area contributed by atoms with Crippen molar-refractivity contribution in [2.75, 3.05) is 20.2 Å². The van der Waals surface area contributed by atoms with E-state index >= 15 is 0 Å². The molecule has 0 fully saturated rings. The Morgan fingerprint density at radius 3 is 2.96 bits per heavy atom. The van der Waals surface area contributed by atoms with Gasteiger partial charge in [0.05, 0.1) is 12.6 Å². The standard InChI is InChI=1S/C19H22FN3O2/c1-23(12-9-14-7-10-21-11-8-14)19(24)22-17-6-3-13-25-18-15(17)4-2-5-16(18)20/h2,4-5,7-8,10-11,17H,3,6,9,12-13H2,1H3,(H,22,24). The van der Waals surface area contributed by atoms with Crippen LogP contribution in [0.1, 0.15) is 30.0 Å². The molecule has 1 aromatic heterocycles. The number of carbonyl (C=O) groups is 1. The number of hydrogen-bond acceptors (Lipinski definition) is 3. The van der Waals surface area contributed by atoms with Gasteiger partial charge in [-0.15, -0.1) is 0 Å². The molecule has 1 atom stereocenters. The molecule has 0 aliphatic carbocycles. The SMILES string of the molecule is CN(CCc1ccncc1)C(=O)NC1CCCOc2c(F)cccc21. The number of likely N-dealkylation sites (N-methyl/N-ethyl adjacent to an activating group) is 1. The second-order valence-electron chi connectivity index (χ2n) is 6.18. The first-order valence-electron chi connectivity index (χ1n) is 8.47. The number of nitrogens with zero attached hydrogens (tertiary/aromatic N) is 2. The molecule has 3 rings (SSSR count). The number of rotatable bonds is 4. The molecule has 1 aliphatic heterocycles. The van der Waals surface area contributed by atoms with Crippen molar-refractivity contribution in [2.24, 2.45) is 0 Å². The average Bonchev–Trinajstić information content (AvgIpc) is 2.84. The van der Waals surface area contributed by atoms with Gasteiger partial charge in [0.1, 0.15) is 0 Å². The van der Waals surface area contributed by atoms with Crippen molar-refractivity contribution < 1.29 is 13.9 Å². The summed E-state index contributed by atoms with van der Waals surface area (Å²) in [6, 6.07) is 8.30. The van der Waals surface area contributed by atoms with Gasteiger partial charge < -0.3 is 15.0 Å². The van der Waals surface area contributed by atoms with E-state index in [1.54, 1.807) is 30.4 Å². The van der Waals surface area contributed by atoms with Crippen LogP contribution in [0.3, 0.4) is 0 Å². The van der Waals surface area contributed by atoms with Gasteiger partial charge in [-0.3, -0.25) is 4.98 Å². The maximum atomic E-state index is 14.0. The number of benzene rings is 1. The lowest BCUT2D eigenvalue weighted by Crippen LogP contribution is -2.40. The van der Waals surface area contributed by atoms with Crippen LogP contribution >= 0.6 is 0 Å². The maximum absolute atomic E-state index is 14.0. The molecule has 0 bridgehead atoms. The number of ether oxygens (including phenoxy) is 1. The summed E-state index contributed by atoms with van der Waals surface area (Å²) in [4.78, 5) is 18.1. The smallest absolute Gasteiger partial charge is 0.317 e. The van der Waals surface area contributed by atoms with Crippen LogP contribution in [0.25, 0.3) is 0 Å². The predicted molar refractivity (Wildman–Crippen MR) is 93.0 cm³/mol. The Hall–Kier alpha value is -2.63. The Labute approximate surface area is 146 Å². The van der Waals surface area contributed by atoms with E-state index in [0.29, 0.717) is 18.7 Å². The monoisotopic (exact) mass is 343 g/mol. The quantitative estimate of drug-likeness (QED) is 0.926. The molecule has 0 saturated heterocycles. The van der Waals surface area contributed by atoms with E-state index in [-0.39, 0.29) is 23.6 Å². The minimum absolute atomic E-state index is 0.170. The highest BCUT2D eigenvalue weighted by Gasteiger charge is 2.24. The van der Waals surface area contributed by atoms with E-state index in [0.717, 1.165) is 24.8 Å². The highest BCUT2D eigenvalue weighted by Crippen LogP contribution is 2.33. The Bertz CT molecular complexity index is 724. The minimum atomic E-state index is -0.385. The third kappa shape index (κ3) is 4.26. The molecule has 0 spiro atoms. The molecule has 6 heteroatoms. The summed E-state index contributed by atoms with van der Waals surface area (Å²) in [6.07, 6.45) is 5.73. The molecule has 0 radical (unpaired) electrons. The molecular formula is C19H22FN3O2. The summed E-state index contributed by atoms with van der Waals surface area (Å²) in [7, 11) is 1.76. The van der Waals surface area contributed by atoms with E-state index in [9.17, 15) is 9.18 Å². The fourth-order valence-electron chi connectivity index (χ4n) is 2.93. The molecule has 2 amide bonds. The summed E-state index contributed by atoms with van der Waals surface area (Å²) in [5.41, 5.74) is 1.83. The third-order valence-corrected chi connectivity index (χ3v) is 4.39. The number of halogens is 1. The lowest BCUT2D eigenvalue weighted by molar-refractivity contribution is 0.204. The first-order valence-corrected chi connectivity index (χ1v) is 8.47. The highest BCUT2D eigenvalue weighted by molar-refractivity contribution is 5.74. The van der Waals surface area contributed by atoms with E-state index in [1.807, 2.05) is 18.2 Å². The molecule has 25 heavy (non-hydrogen) atoms. The van der Waals surface area contributed by atoms with Gasteiger partial charge >= 0.3 is 6.03 Å². The van der Waals surface area contributed by atoms with Crippen molar-refractivity contribution in [1.82, 2.24) is 15.2 Å². The number of fused-ring (bicyclic) bond motifs is 1. The number of pyridine rings is 1. The molecule has 1 N–H and O–H groups in total. The third-order valence-electron chi connectivity index (χ3n) is 4.39. The summed E-state index contributed by atoms with van der Waals surface area (Å²) < 4.78 is 19.5. The Morgan fingerprint density at radius 1 is 1.36 bits per heavy atom. The number of carbonyl (C=O) groups excluding carboxylic acids is 1. The largest absolute Gasteiger partial charge is 0.490 e. The van der Waals surface area contributed by atoms with Gasteiger partial charge in [-0.2, -0.15) is 0 Å². The first-order chi connectivity index (χ1) is 12.1. The number of hydrogen-bond donors (Lipinski definition) is 1. The van der Waals surface area contributed by atoms with Gasteiger partial charge in [0.2, 0.25) is 0 Å². The van der Waals surface area contributed by atoms with Crippen molar-refractivity contribution in [3.8, 4) is 5.75 Å². The maximum Gasteiger partial charge on any atom is 0.317 e. The van der Waals surface area contributed by atoms with E-state index in [2.05, 4.69) is 10.3 Å². The van der Waals surface area contributed by atoms with Gasteiger partial charge in [-0.25, -0.2) is 9.18 Å². The lowest BCUT2D eigenvalue weighted by atomic mass is 10.0. The van der Waals surface area contributed by atoms with Crippen molar-refractivity contribution in [1.29, 1.82) is 0 Å². The number of nitrogens with one attached hydrogen (secondary N) is 1. The Kier molecular flexibility index (Phi) is 5.48. The number of amides is 2. The second-order valence-corrected chi connectivity index (χ2v) is 6.18. The van der Waals surface area contributed by atoms with Crippen molar-refractivity contribution in [3.63, 3.8) is 0 Å². The zero-order chi connectivity index (χ0) is 17.6. The molecule has 5 nitrogen and oxygen atoms in total. The van der Waals surface area contributed by atoms with Crippen molar-refractivity contribution in [3.05, 3.63) is 59.7 Å². The van der Waals surface area contributed by atoms with E-state index < -0.39 is 0 Å². The molecular weight excluding hydrogens is 321 g/mol. The zero-order valence-corrected chi connectivity index (χ0v) is 14.2. The van der Waals surface area contributed by atoms with Gasteiger partial charge in [0, 0.05) is 31.5 Å². The summed E-state index contributed by atoms with van der Waals surface area (Å²) in [6.45, 7) is 1.05. The number of urea groups is 1. The van der Waals surface area contributed by atoms with Crippen LogP contribution in [0.15, 0.2) is 42.7 Å². The van der Waals surface area contributed by atoms with Crippen LogP contribution in [0.4, 0.5) is 9.18 Å². The number of aromatic nitrogens is 1. The molecule has 1 aliphatic rings. The minimum Gasteiger partial charge on any atom is -0.490 e. The fourth-order valence-corrected chi connectivity index (χ4v) is 2.93. The topological polar surface area (TPSA) is 54.5 Å². The Balaban J connectivity index is 1.63. The molecule has 1 unspecified atom stereocenters. The van der Waals surface area contributed by atoms with Gasteiger partial charge in [-0.1, -0.05) is 12.1 Å². The predicted octanol–water partition coefficient (Wildman–Crippen LogP) is 3.32. The van der Waals surface area contributed by atoms with Crippen molar-refractivity contribution in [2.45, 2.75) is 25.3 Å². The molecule has 2 aromatic rings. The summed E-state index contributed by atoms with van der Waals surface area (Å²) in [5, 5.41) is 3.01. The van der Waals surface area contributed by atoms with E-state index in [4.69, 9.17) is 4.74 Å². The number of para-hydroxylation sites is 1. The Morgan fingerprint density at radius 2 is 2.16 bits per heavy atom. The van der Waals surface area contributed by atoms with Crippen LogP contribution in [0, 0.1) is 5.82 Å². The molecule has 1 aromatic carbocycles. The first kappa shape index (κ1) is 17.2. The second kappa shape index (κ2) is 7.96. The molecule has 2 heterocycles. The molecule has 0 saturated carbocycles. The molecule has 132 valence electrons.